The van der Waals surface area contributed by atoms with Crippen molar-refractivity contribution in [2.75, 3.05) is 0 Å². The first-order valence-corrected chi connectivity index (χ1v) is 4.00. The normalized spacial score (nSPS) is 9.85. The van der Waals surface area contributed by atoms with Crippen LogP contribution in [0.3, 0.4) is 0 Å². The lowest BCUT2D eigenvalue weighted by atomic mass is 10.3. The number of nitrogens with zero attached hydrogens (tertiary/aromatic N) is 3. The van der Waals surface area contributed by atoms with E-state index in [4.69, 9.17) is 16.9 Å². The molecule has 0 aliphatic heterocycles. The maximum atomic E-state index is 8.58. The van der Waals surface area contributed by atoms with E-state index in [9.17, 15) is 0 Å². The summed E-state index contributed by atoms with van der Waals surface area (Å²) in [6.07, 6.45) is 1.41. The number of benzene rings is 1. The van der Waals surface area contributed by atoms with Crippen LogP contribution in [0.15, 0.2) is 24.4 Å². The number of rotatable bonds is 0. The predicted octanol–water partition coefficient (Wildman–Crippen LogP) is 2.15. The van der Waals surface area contributed by atoms with Crippen LogP contribution in [0.5, 0.6) is 0 Å². The summed E-state index contributed by atoms with van der Waals surface area (Å²) < 4.78 is 0. The molecule has 1 heterocycles. The van der Waals surface area contributed by atoms with Crippen molar-refractivity contribution in [2.24, 2.45) is 0 Å². The Hall–Kier alpha value is -1.66. The third kappa shape index (κ3) is 1.32. The zero-order chi connectivity index (χ0) is 9.26. The molecule has 3 nitrogen and oxygen atoms in total. The van der Waals surface area contributed by atoms with Gasteiger partial charge in [0.1, 0.15) is 11.6 Å². The molecule has 1 aromatic carbocycles. The maximum Gasteiger partial charge on any atom is 0.159 e. The molecule has 4 heteroatoms. The summed E-state index contributed by atoms with van der Waals surface area (Å²) in [5.41, 5.74) is 1.57. The van der Waals surface area contributed by atoms with Gasteiger partial charge in [-0.1, -0.05) is 17.7 Å². The fraction of sp³-hybridized carbons (Fsp3) is 0. The van der Waals surface area contributed by atoms with Gasteiger partial charge in [-0.25, -0.2) is 4.98 Å². The standard InChI is InChI=1S/C9H4ClN3/c10-7-2-1-3-8-9(7)12-5-6(4-11)13-8/h1-3,5H. The zero-order valence-electron chi connectivity index (χ0n) is 6.53. The minimum Gasteiger partial charge on any atom is -0.250 e. The number of para-hydroxylation sites is 1. The molecular formula is C9H4ClN3. The van der Waals surface area contributed by atoms with Crippen molar-refractivity contribution >= 4 is 22.6 Å². The Bertz CT molecular complexity index is 502. The minimum absolute atomic E-state index is 0.301. The van der Waals surface area contributed by atoms with Crippen molar-refractivity contribution < 1.29 is 0 Å². The second kappa shape index (κ2) is 3.00. The number of aromatic nitrogens is 2. The molecule has 0 atom stereocenters. The van der Waals surface area contributed by atoms with Crippen molar-refractivity contribution in [1.82, 2.24) is 9.97 Å². The van der Waals surface area contributed by atoms with E-state index in [1.165, 1.54) is 6.20 Å². The first-order valence-electron chi connectivity index (χ1n) is 3.62. The summed E-state index contributed by atoms with van der Waals surface area (Å²) >= 11 is 5.87. The first kappa shape index (κ1) is 7.96. The van der Waals surface area contributed by atoms with Crippen LogP contribution in [0.4, 0.5) is 0 Å². The quantitative estimate of drug-likeness (QED) is 0.638. The van der Waals surface area contributed by atoms with Gasteiger partial charge < -0.3 is 0 Å². The van der Waals surface area contributed by atoms with Gasteiger partial charge in [-0.05, 0) is 12.1 Å². The third-order valence-electron chi connectivity index (χ3n) is 1.64. The molecule has 0 unspecified atom stereocenters. The summed E-state index contributed by atoms with van der Waals surface area (Å²) in [7, 11) is 0. The smallest absolute Gasteiger partial charge is 0.159 e. The molecule has 2 aromatic rings. The van der Waals surface area contributed by atoms with E-state index < -0.39 is 0 Å². The Morgan fingerprint density at radius 2 is 2.23 bits per heavy atom. The largest absolute Gasteiger partial charge is 0.250 e. The van der Waals surface area contributed by atoms with Crippen molar-refractivity contribution in [3.8, 4) is 6.07 Å². The van der Waals surface area contributed by atoms with Crippen molar-refractivity contribution in [1.29, 1.82) is 5.26 Å². The monoisotopic (exact) mass is 189 g/mol. The van der Waals surface area contributed by atoms with Gasteiger partial charge in [0.25, 0.3) is 0 Å². The average molecular weight is 190 g/mol. The Kier molecular flexibility index (Phi) is 1.84. The van der Waals surface area contributed by atoms with E-state index in [0.717, 1.165) is 0 Å². The van der Waals surface area contributed by atoms with E-state index in [1.807, 2.05) is 6.07 Å². The van der Waals surface area contributed by atoms with Crippen LogP contribution in [-0.4, -0.2) is 9.97 Å². The highest BCUT2D eigenvalue weighted by molar-refractivity contribution is 6.34. The minimum atomic E-state index is 0.301. The number of hydrogen-bond acceptors (Lipinski definition) is 3. The Morgan fingerprint density at radius 3 is 3.00 bits per heavy atom. The van der Waals surface area contributed by atoms with Gasteiger partial charge >= 0.3 is 0 Å². The molecule has 2 rings (SSSR count). The van der Waals surface area contributed by atoms with Gasteiger partial charge in [0.2, 0.25) is 0 Å². The van der Waals surface area contributed by atoms with Crippen LogP contribution in [0.25, 0.3) is 11.0 Å². The van der Waals surface area contributed by atoms with E-state index in [-0.39, 0.29) is 0 Å². The number of nitriles is 1. The SMILES string of the molecule is N#Cc1cnc2c(Cl)cccc2n1. The lowest BCUT2D eigenvalue weighted by Gasteiger charge is -1.97. The molecule has 0 amide bonds. The lowest BCUT2D eigenvalue weighted by molar-refractivity contribution is 1.24. The number of fused-ring (bicyclic) bond motifs is 1. The molecule has 0 N–H and O–H groups in total. The van der Waals surface area contributed by atoms with Crippen molar-refractivity contribution in [3.05, 3.63) is 35.1 Å². The Balaban J connectivity index is 2.82. The molecule has 13 heavy (non-hydrogen) atoms. The lowest BCUT2D eigenvalue weighted by Crippen LogP contribution is -1.87. The summed E-state index contributed by atoms with van der Waals surface area (Å²) in [5.74, 6) is 0. The molecule has 0 spiro atoms. The fourth-order valence-electron chi connectivity index (χ4n) is 1.06. The molecule has 0 aliphatic rings. The second-order valence-electron chi connectivity index (χ2n) is 2.47. The first-order chi connectivity index (χ1) is 6.31. The van der Waals surface area contributed by atoms with Gasteiger partial charge in [-0.3, -0.25) is 4.98 Å². The molecular weight excluding hydrogens is 186 g/mol. The van der Waals surface area contributed by atoms with Crippen LogP contribution in [-0.2, 0) is 0 Å². The summed E-state index contributed by atoms with van der Waals surface area (Å²) in [6.45, 7) is 0. The van der Waals surface area contributed by atoms with E-state index in [0.29, 0.717) is 21.7 Å². The Labute approximate surface area is 79.6 Å². The highest BCUT2D eigenvalue weighted by Gasteiger charge is 2.01. The van der Waals surface area contributed by atoms with Crippen LogP contribution < -0.4 is 0 Å². The third-order valence-corrected chi connectivity index (χ3v) is 1.94. The van der Waals surface area contributed by atoms with E-state index in [1.54, 1.807) is 18.2 Å². The van der Waals surface area contributed by atoms with Crippen LogP contribution in [0.2, 0.25) is 5.02 Å². The van der Waals surface area contributed by atoms with Gasteiger partial charge in [-0.2, -0.15) is 5.26 Å². The highest BCUT2D eigenvalue weighted by atomic mass is 35.5. The summed E-state index contributed by atoms with van der Waals surface area (Å²) in [4.78, 5) is 8.08. The molecule has 1 aromatic heterocycles. The summed E-state index contributed by atoms with van der Waals surface area (Å²) in [5, 5.41) is 9.13. The van der Waals surface area contributed by atoms with Gasteiger partial charge in [0, 0.05) is 0 Å². The van der Waals surface area contributed by atoms with Crippen molar-refractivity contribution in [3.63, 3.8) is 0 Å². The molecule has 0 saturated heterocycles. The van der Waals surface area contributed by atoms with Crippen LogP contribution in [0, 0.1) is 11.3 Å². The van der Waals surface area contributed by atoms with E-state index >= 15 is 0 Å². The highest BCUT2D eigenvalue weighted by Crippen LogP contribution is 2.18. The zero-order valence-corrected chi connectivity index (χ0v) is 7.28. The van der Waals surface area contributed by atoms with E-state index in [2.05, 4.69) is 9.97 Å². The topological polar surface area (TPSA) is 49.6 Å². The molecule has 62 valence electrons. The molecule has 0 saturated carbocycles. The van der Waals surface area contributed by atoms with Gasteiger partial charge in [0.15, 0.2) is 5.69 Å². The fourth-order valence-corrected chi connectivity index (χ4v) is 1.28. The maximum absolute atomic E-state index is 8.58. The number of hydrogen-bond donors (Lipinski definition) is 0. The average Bonchev–Trinajstić information content (AvgIpc) is 2.18. The Morgan fingerprint density at radius 1 is 1.38 bits per heavy atom. The predicted molar refractivity (Wildman–Crippen MR) is 49.3 cm³/mol. The summed E-state index contributed by atoms with van der Waals surface area (Å²) in [6, 6.07) is 7.21. The molecule has 0 radical (unpaired) electrons. The van der Waals surface area contributed by atoms with Crippen LogP contribution in [0.1, 0.15) is 5.69 Å². The molecule has 0 aliphatic carbocycles. The molecule has 0 bridgehead atoms. The van der Waals surface area contributed by atoms with Crippen LogP contribution >= 0.6 is 11.6 Å². The van der Waals surface area contributed by atoms with Gasteiger partial charge in [-0.15, -0.1) is 0 Å². The number of halogens is 1. The van der Waals surface area contributed by atoms with Gasteiger partial charge in [0.05, 0.1) is 16.7 Å². The van der Waals surface area contributed by atoms with Crippen molar-refractivity contribution in [2.45, 2.75) is 0 Å². The molecule has 0 fully saturated rings. The second-order valence-corrected chi connectivity index (χ2v) is 2.88.